The van der Waals surface area contributed by atoms with Crippen molar-refractivity contribution in [3.63, 3.8) is 0 Å². The first-order valence-electron chi connectivity index (χ1n) is 6.24. The van der Waals surface area contributed by atoms with Crippen LogP contribution in [-0.4, -0.2) is 28.7 Å². The van der Waals surface area contributed by atoms with Gasteiger partial charge < -0.3 is 9.84 Å². The Bertz CT molecular complexity index is 855. The summed E-state index contributed by atoms with van der Waals surface area (Å²) in [5.74, 6) is -1.67. The van der Waals surface area contributed by atoms with Crippen LogP contribution < -0.4 is 4.74 Å². The van der Waals surface area contributed by atoms with Gasteiger partial charge in [-0.1, -0.05) is 12.1 Å². The fourth-order valence-electron chi connectivity index (χ4n) is 2.58. The highest BCUT2D eigenvalue weighted by molar-refractivity contribution is 6.31. The van der Waals surface area contributed by atoms with Crippen molar-refractivity contribution in [3.8, 4) is 11.5 Å². The molecule has 0 spiro atoms. The molecule has 0 radical (unpaired) electrons. The Morgan fingerprint density at radius 2 is 1.77 bits per heavy atom. The van der Waals surface area contributed by atoms with Crippen molar-refractivity contribution in [2.75, 3.05) is 7.11 Å². The standard InChI is InChI=1S/C15H9NO6/c1-22-10-4-2-3-7-11(10)15(19)13-9(17)6-5-8(16(20)21)12(13)14(7)18/h2-6,17H,1H3. The third-order valence-corrected chi connectivity index (χ3v) is 3.53. The van der Waals surface area contributed by atoms with E-state index in [-0.39, 0.29) is 22.4 Å². The number of phenols is 1. The Morgan fingerprint density at radius 1 is 1.05 bits per heavy atom. The van der Waals surface area contributed by atoms with Crippen LogP contribution in [0.4, 0.5) is 5.69 Å². The Hall–Kier alpha value is -3.22. The van der Waals surface area contributed by atoms with Gasteiger partial charge in [-0.3, -0.25) is 19.7 Å². The number of nitrogens with zero attached hydrogens (tertiary/aromatic N) is 1. The largest absolute Gasteiger partial charge is 0.507 e. The van der Waals surface area contributed by atoms with Gasteiger partial charge in [-0.2, -0.15) is 0 Å². The van der Waals surface area contributed by atoms with E-state index >= 15 is 0 Å². The zero-order valence-electron chi connectivity index (χ0n) is 11.3. The van der Waals surface area contributed by atoms with Gasteiger partial charge in [-0.25, -0.2) is 0 Å². The number of hydrogen-bond donors (Lipinski definition) is 1. The molecule has 1 aliphatic rings. The molecule has 7 nitrogen and oxygen atoms in total. The number of nitro benzene ring substituents is 1. The molecule has 0 bridgehead atoms. The molecule has 1 N–H and O–H groups in total. The molecular formula is C15H9NO6. The van der Waals surface area contributed by atoms with E-state index in [0.29, 0.717) is 0 Å². The number of rotatable bonds is 2. The molecule has 0 fully saturated rings. The normalized spacial score (nSPS) is 12.6. The first-order chi connectivity index (χ1) is 10.5. The molecule has 110 valence electrons. The van der Waals surface area contributed by atoms with Gasteiger partial charge >= 0.3 is 0 Å². The molecule has 0 unspecified atom stereocenters. The number of ether oxygens (including phenoxy) is 1. The molecule has 0 aliphatic heterocycles. The zero-order valence-corrected chi connectivity index (χ0v) is 11.3. The van der Waals surface area contributed by atoms with E-state index in [1.165, 1.54) is 25.3 Å². The summed E-state index contributed by atoms with van der Waals surface area (Å²) >= 11 is 0. The summed E-state index contributed by atoms with van der Waals surface area (Å²) in [7, 11) is 1.34. The molecule has 1 aliphatic carbocycles. The molecule has 22 heavy (non-hydrogen) atoms. The van der Waals surface area contributed by atoms with E-state index < -0.39 is 33.5 Å². The maximum Gasteiger partial charge on any atom is 0.281 e. The van der Waals surface area contributed by atoms with Crippen molar-refractivity contribution in [3.05, 3.63) is 62.7 Å². The predicted octanol–water partition coefficient (Wildman–Crippen LogP) is 2.08. The topological polar surface area (TPSA) is 107 Å². The van der Waals surface area contributed by atoms with Gasteiger partial charge in [0.2, 0.25) is 11.6 Å². The third-order valence-electron chi connectivity index (χ3n) is 3.53. The highest BCUT2D eigenvalue weighted by Crippen LogP contribution is 2.40. The average molecular weight is 299 g/mol. The third kappa shape index (κ3) is 1.69. The number of hydrogen-bond acceptors (Lipinski definition) is 6. The first kappa shape index (κ1) is 13.7. The Labute approximate surface area is 123 Å². The lowest BCUT2D eigenvalue weighted by Gasteiger charge is -2.19. The quantitative estimate of drug-likeness (QED) is 0.573. The van der Waals surface area contributed by atoms with Crippen LogP contribution in [0.15, 0.2) is 30.3 Å². The van der Waals surface area contributed by atoms with E-state index in [9.17, 15) is 24.8 Å². The molecule has 7 heteroatoms. The lowest BCUT2D eigenvalue weighted by Crippen LogP contribution is -2.23. The second-order valence-electron chi connectivity index (χ2n) is 4.65. The van der Waals surface area contributed by atoms with Crippen LogP contribution in [0.2, 0.25) is 0 Å². The number of nitro groups is 1. The van der Waals surface area contributed by atoms with Crippen LogP contribution in [0.5, 0.6) is 11.5 Å². The monoisotopic (exact) mass is 299 g/mol. The summed E-state index contributed by atoms with van der Waals surface area (Å²) in [5.41, 5.74) is -1.25. The van der Waals surface area contributed by atoms with Gasteiger partial charge in [0.1, 0.15) is 17.1 Å². The van der Waals surface area contributed by atoms with Gasteiger partial charge in [0, 0.05) is 11.6 Å². The summed E-state index contributed by atoms with van der Waals surface area (Å²) in [4.78, 5) is 35.5. The highest BCUT2D eigenvalue weighted by Gasteiger charge is 2.39. The minimum absolute atomic E-state index is 0.00158. The average Bonchev–Trinajstić information content (AvgIpc) is 2.51. The molecule has 0 saturated heterocycles. The van der Waals surface area contributed by atoms with Crippen molar-refractivity contribution >= 4 is 17.3 Å². The number of fused-ring (bicyclic) bond motifs is 2. The first-order valence-corrected chi connectivity index (χ1v) is 6.24. The van der Waals surface area contributed by atoms with Gasteiger partial charge in [0.15, 0.2) is 0 Å². The SMILES string of the molecule is COc1cccc2c1C(=O)c1c(O)ccc([N+](=O)[O-])c1C2=O. The summed E-state index contributed by atoms with van der Waals surface area (Å²) in [5, 5.41) is 21.0. The number of methoxy groups -OCH3 is 1. The minimum Gasteiger partial charge on any atom is -0.507 e. The van der Waals surface area contributed by atoms with Crippen molar-refractivity contribution < 1.29 is 24.4 Å². The highest BCUT2D eigenvalue weighted by atomic mass is 16.6. The van der Waals surface area contributed by atoms with Crippen LogP contribution in [0.1, 0.15) is 31.8 Å². The van der Waals surface area contributed by atoms with Crippen molar-refractivity contribution in [2.45, 2.75) is 0 Å². The summed E-state index contributed by atoms with van der Waals surface area (Å²) in [6.07, 6.45) is 0. The van der Waals surface area contributed by atoms with Crippen LogP contribution in [-0.2, 0) is 0 Å². The van der Waals surface area contributed by atoms with E-state index in [2.05, 4.69) is 0 Å². The summed E-state index contributed by atoms with van der Waals surface area (Å²) < 4.78 is 5.08. The number of ketones is 2. The summed E-state index contributed by atoms with van der Waals surface area (Å²) in [6, 6.07) is 6.45. The lowest BCUT2D eigenvalue weighted by atomic mass is 9.82. The number of phenolic OH excluding ortho intramolecular Hbond substituents is 1. The molecule has 0 atom stereocenters. The molecule has 0 amide bonds. The van der Waals surface area contributed by atoms with Gasteiger partial charge in [0.25, 0.3) is 5.69 Å². The molecule has 2 aromatic carbocycles. The number of aromatic hydroxyl groups is 1. The fourth-order valence-corrected chi connectivity index (χ4v) is 2.58. The van der Waals surface area contributed by atoms with E-state index in [0.717, 1.165) is 12.1 Å². The van der Waals surface area contributed by atoms with Gasteiger partial charge in [0.05, 0.1) is 23.2 Å². The summed E-state index contributed by atoms with van der Waals surface area (Å²) in [6.45, 7) is 0. The van der Waals surface area contributed by atoms with Crippen LogP contribution in [0.25, 0.3) is 0 Å². The molecule has 3 rings (SSSR count). The van der Waals surface area contributed by atoms with Gasteiger partial charge in [-0.05, 0) is 12.1 Å². The zero-order chi connectivity index (χ0) is 16.0. The predicted molar refractivity (Wildman–Crippen MR) is 74.6 cm³/mol. The Morgan fingerprint density at radius 3 is 2.41 bits per heavy atom. The van der Waals surface area contributed by atoms with E-state index in [1.807, 2.05) is 0 Å². The van der Waals surface area contributed by atoms with E-state index in [1.54, 1.807) is 0 Å². The van der Waals surface area contributed by atoms with Crippen LogP contribution in [0, 0.1) is 10.1 Å². The number of carbonyl (C=O) groups excluding carboxylic acids is 2. The van der Waals surface area contributed by atoms with Crippen LogP contribution in [0.3, 0.4) is 0 Å². The maximum absolute atomic E-state index is 12.6. The second kappa shape index (κ2) is 4.66. The smallest absolute Gasteiger partial charge is 0.281 e. The Balaban J connectivity index is 2.41. The number of carbonyl (C=O) groups is 2. The fraction of sp³-hybridized carbons (Fsp3) is 0.0667. The molecule has 0 heterocycles. The van der Waals surface area contributed by atoms with Crippen molar-refractivity contribution in [1.82, 2.24) is 0 Å². The molecule has 0 aromatic heterocycles. The minimum atomic E-state index is -0.755. The second-order valence-corrected chi connectivity index (χ2v) is 4.65. The van der Waals surface area contributed by atoms with Crippen molar-refractivity contribution in [2.24, 2.45) is 0 Å². The van der Waals surface area contributed by atoms with E-state index in [4.69, 9.17) is 4.74 Å². The molecular weight excluding hydrogens is 290 g/mol. The maximum atomic E-state index is 12.6. The lowest BCUT2D eigenvalue weighted by molar-refractivity contribution is -0.385. The molecule has 0 saturated carbocycles. The molecule has 2 aromatic rings. The number of benzene rings is 2. The van der Waals surface area contributed by atoms with Crippen molar-refractivity contribution in [1.29, 1.82) is 0 Å². The van der Waals surface area contributed by atoms with Crippen LogP contribution >= 0.6 is 0 Å². The Kier molecular flexibility index (Phi) is 2.91. The van der Waals surface area contributed by atoms with Gasteiger partial charge in [-0.15, -0.1) is 0 Å².